The minimum absolute atomic E-state index is 0.122. The first-order chi connectivity index (χ1) is 8.63. The molecule has 1 fully saturated rings. The van der Waals surface area contributed by atoms with E-state index in [1.54, 1.807) is 0 Å². The molecule has 1 atom stereocenters. The molecule has 0 radical (unpaired) electrons. The average Bonchev–Trinajstić information content (AvgIpc) is 2.37. The summed E-state index contributed by atoms with van der Waals surface area (Å²) in [6.07, 6.45) is 0.625. The maximum Gasteiger partial charge on any atom is 0.163 e. The molecule has 0 aromatic heterocycles. The molecule has 2 rings (SSSR count). The molecule has 1 aromatic carbocycles. The van der Waals surface area contributed by atoms with Gasteiger partial charge in [0.15, 0.2) is 11.6 Å². The normalized spacial score (nSPS) is 18.9. The summed E-state index contributed by atoms with van der Waals surface area (Å²) in [4.78, 5) is 2.06. The second kappa shape index (κ2) is 5.71. The number of halogens is 3. The molecule has 0 saturated carbocycles. The summed E-state index contributed by atoms with van der Waals surface area (Å²) < 4.78 is 40.3. The molecular weight excluding hydrogens is 241 g/mol. The smallest absolute Gasteiger partial charge is 0.163 e. The van der Waals surface area contributed by atoms with Crippen LogP contribution in [0, 0.1) is 17.5 Å². The van der Waals surface area contributed by atoms with Gasteiger partial charge in [0, 0.05) is 43.9 Å². The van der Waals surface area contributed by atoms with Gasteiger partial charge >= 0.3 is 0 Å². The van der Waals surface area contributed by atoms with Gasteiger partial charge in [-0.05, 0) is 12.5 Å². The van der Waals surface area contributed by atoms with Crippen molar-refractivity contribution in [2.75, 3.05) is 26.2 Å². The van der Waals surface area contributed by atoms with Gasteiger partial charge < -0.3 is 5.32 Å². The topological polar surface area (TPSA) is 15.3 Å². The van der Waals surface area contributed by atoms with E-state index >= 15 is 0 Å². The van der Waals surface area contributed by atoms with Crippen molar-refractivity contribution in [3.63, 3.8) is 0 Å². The SMILES string of the molecule is CC[C@@H](c1cc(F)cc(F)c1F)N1CCNCC1. The molecule has 1 aliphatic heterocycles. The Morgan fingerprint density at radius 2 is 1.89 bits per heavy atom. The summed E-state index contributed by atoms with van der Waals surface area (Å²) in [6.45, 7) is 5.05. The number of piperazine rings is 1. The first-order valence-corrected chi connectivity index (χ1v) is 6.22. The third-order valence-electron chi connectivity index (χ3n) is 3.36. The van der Waals surface area contributed by atoms with E-state index in [4.69, 9.17) is 0 Å². The number of benzene rings is 1. The molecule has 0 amide bonds. The Morgan fingerprint density at radius 3 is 2.50 bits per heavy atom. The summed E-state index contributed by atoms with van der Waals surface area (Å²) in [5.41, 5.74) is 0.122. The van der Waals surface area contributed by atoms with E-state index in [2.05, 4.69) is 10.2 Å². The van der Waals surface area contributed by atoms with Gasteiger partial charge in [0.2, 0.25) is 0 Å². The molecule has 0 spiro atoms. The lowest BCUT2D eigenvalue weighted by Gasteiger charge is -2.34. The molecule has 5 heteroatoms. The lowest BCUT2D eigenvalue weighted by molar-refractivity contribution is 0.165. The molecule has 2 nitrogen and oxygen atoms in total. The Labute approximate surface area is 105 Å². The molecule has 1 heterocycles. The van der Waals surface area contributed by atoms with Crippen molar-refractivity contribution in [1.82, 2.24) is 10.2 Å². The van der Waals surface area contributed by atoms with Crippen LogP contribution >= 0.6 is 0 Å². The summed E-state index contributed by atoms with van der Waals surface area (Å²) >= 11 is 0. The van der Waals surface area contributed by atoms with Crippen LogP contribution in [0.15, 0.2) is 12.1 Å². The predicted molar refractivity (Wildman–Crippen MR) is 63.8 cm³/mol. The monoisotopic (exact) mass is 258 g/mol. The van der Waals surface area contributed by atoms with Crippen LogP contribution in [0.4, 0.5) is 13.2 Å². The number of nitrogens with zero attached hydrogens (tertiary/aromatic N) is 1. The number of hydrogen-bond donors (Lipinski definition) is 1. The predicted octanol–water partition coefficient (Wildman–Crippen LogP) is 2.46. The molecule has 0 aliphatic carbocycles. The van der Waals surface area contributed by atoms with Gasteiger partial charge in [0.1, 0.15) is 5.82 Å². The Morgan fingerprint density at radius 1 is 1.22 bits per heavy atom. The van der Waals surface area contributed by atoms with Crippen molar-refractivity contribution in [3.05, 3.63) is 35.1 Å². The third kappa shape index (κ3) is 2.67. The molecule has 18 heavy (non-hydrogen) atoms. The van der Waals surface area contributed by atoms with Crippen LogP contribution in [0.25, 0.3) is 0 Å². The van der Waals surface area contributed by atoms with Gasteiger partial charge in [-0.25, -0.2) is 13.2 Å². The minimum atomic E-state index is -1.11. The zero-order valence-corrected chi connectivity index (χ0v) is 10.3. The van der Waals surface area contributed by atoms with Crippen molar-refractivity contribution in [1.29, 1.82) is 0 Å². The highest BCUT2D eigenvalue weighted by atomic mass is 19.2. The fourth-order valence-electron chi connectivity index (χ4n) is 2.49. The fourth-order valence-corrected chi connectivity index (χ4v) is 2.49. The third-order valence-corrected chi connectivity index (χ3v) is 3.36. The molecule has 0 bridgehead atoms. The van der Waals surface area contributed by atoms with Gasteiger partial charge in [-0.2, -0.15) is 0 Å². The van der Waals surface area contributed by atoms with Gasteiger partial charge in [0.05, 0.1) is 0 Å². The first kappa shape index (κ1) is 13.4. The number of nitrogens with one attached hydrogen (secondary N) is 1. The average molecular weight is 258 g/mol. The maximum atomic E-state index is 13.8. The van der Waals surface area contributed by atoms with Crippen molar-refractivity contribution < 1.29 is 13.2 Å². The van der Waals surface area contributed by atoms with Crippen molar-refractivity contribution in [2.24, 2.45) is 0 Å². The summed E-state index contributed by atoms with van der Waals surface area (Å²) in [6, 6.07) is 1.43. The summed E-state index contributed by atoms with van der Waals surface area (Å²) in [7, 11) is 0. The quantitative estimate of drug-likeness (QED) is 0.838. The Hall–Kier alpha value is -1.07. The molecule has 1 saturated heterocycles. The number of rotatable bonds is 3. The van der Waals surface area contributed by atoms with Crippen LogP contribution < -0.4 is 5.32 Å². The van der Waals surface area contributed by atoms with E-state index in [-0.39, 0.29) is 11.6 Å². The highest BCUT2D eigenvalue weighted by molar-refractivity contribution is 5.24. The minimum Gasteiger partial charge on any atom is -0.314 e. The van der Waals surface area contributed by atoms with E-state index in [0.717, 1.165) is 32.2 Å². The van der Waals surface area contributed by atoms with Crippen molar-refractivity contribution >= 4 is 0 Å². The zero-order chi connectivity index (χ0) is 13.1. The van der Waals surface area contributed by atoms with Crippen molar-refractivity contribution in [2.45, 2.75) is 19.4 Å². The second-order valence-electron chi connectivity index (χ2n) is 4.50. The van der Waals surface area contributed by atoms with Gasteiger partial charge in [0.25, 0.3) is 0 Å². The van der Waals surface area contributed by atoms with E-state index in [9.17, 15) is 13.2 Å². The highest BCUT2D eigenvalue weighted by Gasteiger charge is 2.25. The Kier molecular flexibility index (Phi) is 4.24. The molecule has 1 aliphatic rings. The Balaban J connectivity index is 2.31. The first-order valence-electron chi connectivity index (χ1n) is 6.22. The van der Waals surface area contributed by atoms with Gasteiger partial charge in [-0.3, -0.25) is 4.90 Å². The van der Waals surface area contributed by atoms with Crippen LogP contribution in [0.3, 0.4) is 0 Å². The standard InChI is InChI=1S/C13H17F3N2/c1-2-12(18-5-3-17-4-6-18)10-7-9(14)8-11(15)13(10)16/h7-8,12,17H,2-6H2,1H3/t12-/m0/s1. The van der Waals surface area contributed by atoms with Crippen LogP contribution in [0.2, 0.25) is 0 Å². The maximum absolute atomic E-state index is 13.8. The molecule has 1 aromatic rings. The van der Waals surface area contributed by atoms with Crippen LogP contribution in [0.1, 0.15) is 24.9 Å². The Bertz CT molecular complexity index is 417. The number of hydrogen-bond acceptors (Lipinski definition) is 2. The van der Waals surface area contributed by atoms with E-state index in [0.29, 0.717) is 12.5 Å². The van der Waals surface area contributed by atoms with Gasteiger partial charge in [-0.15, -0.1) is 0 Å². The molecular formula is C13H17F3N2. The van der Waals surface area contributed by atoms with Crippen LogP contribution in [0.5, 0.6) is 0 Å². The summed E-state index contributed by atoms with van der Waals surface area (Å²) in [5.74, 6) is -2.77. The van der Waals surface area contributed by atoms with Gasteiger partial charge in [-0.1, -0.05) is 6.92 Å². The summed E-state index contributed by atoms with van der Waals surface area (Å²) in [5, 5.41) is 3.20. The van der Waals surface area contributed by atoms with E-state index in [1.165, 1.54) is 0 Å². The lowest BCUT2D eigenvalue weighted by atomic mass is 10.0. The second-order valence-corrected chi connectivity index (χ2v) is 4.50. The molecule has 0 unspecified atom stereocenters. The molecule has 1 N–H and O–H groups in total. The molecule has 100 valence electrons. The zero-order valence-electron chi connectivity index (χ0n) is 10.3. The largest absolute Gasteiger partial charge is 0.314 e. The highest BCUT2D eigenvalue weighted by Crippen LogP contribution is 2.28. The fraction of sp³-hybridized carbons (Fsp3) is 0.538. The van der Waals surface area contributed by atoms with Crippen LogP contribution in [-0.4, -0.2) is 31.1 Å². The lowest BCUT2D eigenvalue weighted by Crippen LogP contribution is -2.45. The van der Waals surface area contributed by atoms with Crippen molar-refractivity contribution in [3.8, 4) is 0 Å². The van der Waals surface area contributed by atoms with E-state index < -0.39 is 17.5 Å². The van der Waals surface area contributed by atoms with Crippen LogP contribution in [-0.2, 0) is 0 Å². The van der Waals surface area contributed by atoms with E-state index in [1.807, 2.05) is 6.92 Å².